The van der Waals surface area contributed by atoms with Crippen LogP contribution in [0.1, 0.15) is 52.5 Å². The van der Waals surface area contributed by atoms with Gasteiger partial charge in [0.1, 0.15) is 0 Å². The zero-order valence-electron chi connectivity index (χ0n) is 15.8. The van der Waals surface area contributed by atoms with E-state index >= 15 is 0 Å². The Bertz CT molecular complexity index is 818. The molecule has 1 aliphatic rings. The molecule has 2 aromatic rings. The highest BCUT2D eigenvalue weighted by Gasteiger charge is 2.30. The Morgan fingerprint density at radius 2 is 1.93 bits per heavy atom. The summed E-state index contributed by atoms with van der Waals surface area (Å²) in [7, 11) is 0. The van der Waals surface area contributed by atoms with Crippen LogP contribution in [0.25, 0.3) is 0 Å². The Balaban J connectivity index is 1.78. The van der Waals surface area contributed by atoms with E-state index in [1.54, 1.807) is 31.2 Å². The summed E-state index contributed by atoms with van der Waals surface area (Å²) in [5.74, 6) is -0.246. The minimum absolute atomic E-state index is 0.0478. The minimum Gasteiger partial charge on any atom is -0.393 e. The summed E-state index contributed by atoms with van der Waals surface area (Å²) >= 11 is 0. The molecule has 0 aromatic heterocycles. The number of anilines is 1. The quantitative estimate of drug-likeness (QED) is 0.849. The van der Waals surface area contributed by atoms with E-state index < -0.39 is 6.10 Å². The highest BCUT2D eigenvalue weighted by Crippen LogP contribution is 2.25. The van der Waals surface area contributed by atoms with E-state index in [0.717, 1.165) is 18.4 Å². The lowest BCUT2D eigenvalue weighted by Gasteiger charge is -2.26. The Labute approximate surface area is 160 Å². The molecule has 0 unspecified atom stereocenters. The molecule has 0 radical (unpaired) electrons. The van der Waals surface area contributed by atoms with Crippen LogP contribution in [-0.4, -0.2) is 40.5 Å². The summed E-state index contributed by atoms with van der Waals surface area (Å²) in [4.78, 5) is 27.3. The van der Waals surface area contributed by atoms with Crippen molar-refractivity contribution in [1.29, 1.82) is 0 Å². The third kappa shape index (κ3) is 4.55. The second-order valence-electron chi connectivity index (χ2n) is 7.23. The fourth-order valence-corrected chi connectivity index (χ4v) is 3.58. The van der Waals surface area contributed by atoms with Crippen LogP contribution in [0.4, 0.5) is 5.69 Å². The van der Waals surface area contributed by atoms with Crippen LogP contribution in [-0.2, 0) is 0 Å². The number of aliphatic hydroxyl groups is 1. The molecule has 0 aliphatic carbocycles. The number of hydrogen-bond acceptors (Lipinski definition) is 3. The van der Waals surface area contributed by atoms with Crippen molar-refractivity contribution >= 4 is 17.5 Å². The number of nitrogens with zero attached hydrogens (tertiary/aromatic N) is 1. The number of amides is 2. The number of rotatable bonds is 5. The normalized spacial score (nSPS) is 17.6. The van der Waals surface area contributed by atoms with Gasteiger partial charge in [-0.25, -0.2) is 0 Å². The summed E-state index contributed by atoms with van der Waals surface area (Å²) in [5, 5.41) is 12.6. The summed E-state index contributed by atoms with van der Waals surface area (Å²) in [6.07, 6.45) is 2.03. The van der Waals surface area contributed by atoms with Crippen molar-refractivity contribution in [3.8, 4) is 0 Å². The zero-order valence-corrected chi connectivity index (χ0v) is 15.8. The first-order chi connectivity index (χ1) is 13.0. The maximum Gasteiger partial charge on any atom is 0.255 e. The minimum atomic E-state index is -0.429. The van der Waals surface area contributed by atoms with Gasteiger partial charge in [-0.15, -0.1) is 0 Å². The van der Waals surface area contributed by atoms with Gasteiger partial charge in [-0.1, -0.05) is 24.3 Å². The Hall–Kier alpha value is -2.66. The molecular weight excluding hydrogens is 340 g/mol. The number of aliphatic hydroxyl groups excluding tert-OH is 1. The van der Waals surface area contributed by atoms with Gasteiger partial charge < -0.3 is 15.3 Å². The second-order valence-corrected chi connectivity index (χ2v) is 7.23. The van der Waals surface area contributed by atoms with Crippen molar-refractivity contribution in [2.45, 2.75) is 45.3 Å². The summed E-state index contributed by atoms with van der Waals surface area (Å²) in [6, 6.07) is 14.5. The van der Waals surface area contributed by atoms with Crippen molar-refractivity contribution in [1.82, 2.24) is 4.90 Å². The standard InChI is InChI=1S/C22H26N2O3/c1-15-10-11-18(22(27)24-12-6-9-19(24)13-16(2)25)14-20(15)23-21(26)17-7-4-3-5-8-17/h3-5,7-8,10-11,14,16,19,25H,6,9,12-13H2,1-2H3,(H,23,26)/t16-,19-/m0/s1. The lowest BCUT2D eigenvalue weighted by molar-refractivity contribution is 0.0681. The molecule has 5 heteroatoms. The first-order valence-electron chi connectivity index (χ1n) is 9.42. The van der Waals surface area contributed by atoms with Crippen LogP contribution in [0.2, 0.25) is 0 Å². The third-order valence-electron chi connectivity index (χ3n) is 5.02. The molecule has 3 rings (SSSR count). The van der Waals surface area contributed by atoms with E-state index in [-0.39, 0.29) is 17.9 Å². The fourth-order valence-electron chi connectivity index (χ4n) is 3.58. The van der Waals surface area contributed by atoms with Gasteiger partial charge in [0.05, 0.1) is 6.10 Å². The number of carbonyl (C=O) groups is 2. The molecule has 1 saturated heterocycles. The first kappa shape index (κ1) is 19.1. The Kier molecular flexibility index (Phi) is 5.91. The average Bonchev–Trinajstić information content (AvgIpc) is 3.11. The molecule has 0 spiro atoms. The monoisotopic (exact) mass is 366 g/mol. The summed E-state index contributed by atoms with van der Waals surface area (Å²) in [5.41, 5.74) is 2.67. The average molecular weight is 366 g/mol. The zero-order chi connectivity index (χ0) is 19.4. The molecule has 5 nitrogen and oxygen atoms in total. The van der Waals surface area contributed by atoms with Crippen molar-refractivity contribution in [2.24, 2.45) is 0 Å². The molecule has 0 bridgehead atoms. The van der Waals surface area contributed by atoms with E-state index in [1.807, 2.05) is 36.1 Å². The molecule has 2 aromatic carbocycles. The van der Waals surface area contributed by atoms with Crippen LogP contribution in [0.5, 0.6) is 0 Å². The van der Waals surface area contributed by atoms with Gasteiger partial charge in [0.2, 0.25) is 0 Å². The number of carbonyl (C=O) groups excluding carboxylic acids is 2. The SMILES string of the molecule is Cc1ccc(C(=O)N2CCC[C@H]2C[C@H](C)O)cc1NC(=O)c1ccccc1. The van der Waals surface area contributed by atoms with Gasteiger partial charge in [0, 0.05) is 29.4 Å². The van der Waals surface area contributed by atoms with Gasteiger partial charge in [-0.05, 0) is 62.9 Å². The van der Waals surface area contributed by atoms with E-state index in [9.17, 15) is 14.7 Å². The maximum absolute atomic E-state index is 13.0. The molecule has 1 heterocycles. The summed E-state index contributed by atoms with van der Waals surface area (Å²) < 4.78 is 0. The second kappa shape index (κ2) is 8.35. The van der Waals surface area contributed by atoms with Crippen molar-refractivity contribution < 1.29 is 14.7 Å². The molecule has 142 valence electrons. The van der Waals surface area contributed by atoms with Crippen molar-refractivity contribution in [3.63, 3.8) is 0 Å². The van der Waals surface area contributed by atoms with E-state index in [4.69, 9.17) is 0 Å². The summed E-state index contributed by atoms with van der Waals surface area (Å²) in [6.45, 7) is 4.36. The van der Waals surface area contributed by atoms with Gasteiger partial charge in [-0.3, -0.25) is 9.59 Å². The van der Waals surface area contributed by atoms with E-state index in [2.05, 4.69) is 5.32 Å². The highest BCUT2D eigenvalue weighted by molar-refractivity contribution is 6.05. The fraction of sp³-hybridized carbons (Fsp3) is 0.364. The maximum atomic E-state index is 13.0. The number of likely N-dealkylation sites (tertiary alicyclic amines) is 1. The smallest absolute Gasteiger partial charge is 0.255 e. The molecule has 2 atom stereocenters. The molecule has 1 aliphatic heterocycles. The molecule has 27 heavy (non-hydrogen) atoms. The number of nitrogens with one attached hydrogen (secondary N) is 1. The molecule has 2 amide bonds. The molecule has 0 saturated carbocycles. The lowest BCUT2D eigenvalue weighted by Crippen LogP contribution is -2.37. The van der Waals surface area contributed by atoms with E-state index in [1.165, 1.54) is 0 Å². The van der Waals surface area contributed by atoms with Gasteiger partial charge in [0.25, 0.3) is 11.8 Å². The lowest BCUT2D eigenvalue weighted by atomic mass is 10.1. The Morgan fingerprint density at radius 1 is 1.19 bits per heavy atom. The van der Waals surface area contributed by atoms with Crippen molar-refractivity contribution in [2.75, 3.05) is 11.9 Å². The number of aryl methyl sites for hydroxylation is 1. The predicted molar refractivity (Wildman–Crippen MR) is 106 cm³/mol. The third-order valence-corrected chi connectivity index (χ3v) is 5.02. The van der Waals surface area contributed by atoms with Crippen LogP contribution < -0.4 is 5.32 Å². The van der Waals surface area contributed by atoms with Gasteiger partial charge in [0.15, 0.2) is 0 Å². The topological polar surface area (TPSA) is 69.6 Å². The largest absolute Gasteiger partial charge is 0.393 e. The van der Waals surface area contributed by atoms with Gasteiger partial charge >= 0.3 is 0 Å². The van der Waals surface area contributed by atoms with Crippen molar-refractivity contribution in [3.05, 3.63) is 65.2 Å². The molecule has 2 N–H and O–H groups in total. The molecule has 1 fully saturated rings. The van der Waals surface area contributed by atoms with E-state index in [0.29, 0.717) is 29.8 Å². The number of hydrogen-bond donors (Lipinski definition) is 2. The number of benzene rings is 2. The Morgan fingerprint density at radius 3 is 2.63 bits per heavy atom. The first-order valence-corrected chi connectivity index (χ1v) is 9.42. The van der Waals surface area contributed by atoms with Crippen LogP contribution >= 0.6 is 0 Å². The van der Waals surface area contributed by atoms with Crippen LogP contribution in [0, 0.1) is 6.92 Å². The predicted octanol–water partition coefficient (Wildman–Crippen LogP) is 3.62. The van der Waals surface area contributed by atoms with Crippen LogP contribution in [0.3, 0.4) is 0 Å². The molecular formula is C22H26N2O3. The van der Waals surface area contributed by atoms with Crippen LogP contribution in [0.15, 0.2) is 48.5 Å². The highest BCUT2D eigenvalue weighted by atomic mass is 16.3. The van der Waals surface area contributed by atoms with Gasteiger partial charge in [-0.2, -0.15) is 0 Å².